The van der Waals surface area contributed by atoms with E-state index in [4.69, 9.17) is 9.15 Å². The Bertz CT molecular complexity index is 578. The molecule has 120 valence electrons. The van der Waals surface area contributed by atoms with Gasteiger partial charge < -0.3 is 23.7 Å². The predicted octanol–water partition coefficient (Wildman–Crippen LogP) is 1.27. The number of carbonyl (C=O) groups is 2. The number of hydrogen-bond donors (Lipinski definition) is 0. The molecule has 8 nitrogen and oxygen atoms in total. The summed E-state index contributed by atoms with van der Waals surface area (Å²) in [5, 5.41) is 0. The number of oxazole rings is 1. The summed E-state index contributed by atoms with van der Waals surface area (Å²) in [5.74, 6) is 0.148. The molecule has 0 bridgehead atoms. The van der Waals surface area contributed by atoms with Gasteiger partial charge in [-0.3, -0.25) is 4.79 Å². The fourth-order valence-electron chi connectivity index (χ4n) is 2.82. The van der Waals surface area contributed by atoms with Crippen LogP contribution in [0.4, 0.5) is 10.8 Å². The molecule has 0 N–H and O–H groups in total. The SMILES string of the molecule is CC(C)(C)OC(=O)N1CC2(C1)CN(c1nc(OC=O)co1)C2. The highest BCUT2D eigenvalue weighted by molar-refractivity contribution is 5.70. The van der Waals surface area contributed by atoms with Crippen LogP contribution in [0.1, 0.15) is 20.8 Å². The molecule has 2 aliphatic rings. The third kappa shape index (κ3) is 2.72. The standard InChI is InChI=1S/C14H19N3O5/c1-13(2,3)22-12(19)17-7-14(8-17)5-16(6-14)11-15-10(4-20-11)21-9-18/h4,9H,5-8H2,1-3H3. The van der Waals surface area contributed by atoms with Crippen molar-refractivity contribution >= 4 is 18.6 Å². The summed E-state index contributed by atoms with van der Waals surface area (Å²) in [6.45, 7) is 8.74. The molecule has 2 fully saturated rings. The van der Waals surface area contributed by atoms with Gasteiger partial charge in [-0.1, -0.05) is 0 Å². The smallest absolute Gasteiger partial charge is 0.410 e. The topological polar surface area (TPSA) is 85.1 Å². The number of hydrogen-bond acceptors (Lipinski definition) is 7. The van der Waals surface area contributed by atoms with E-state index in [9.17, 15) is 9.59 Å². The lowest BCUT2D eigenvalue weighted by atomic mass is 9.73. The Kier molecular flexibility index (Phi) is 3.26. The van der Waals surface area contributed by atoms with Crippen molar-refractivity contribution in [3.63, 3.8) is 0 Å². The average Bonchev–Trinajstić information content (AvgIpc) is 2.71. The van der Waals surface area contributed by atoms with E-state index in [0.717, 1.165) is 13.1 Å². The highest BCUT2D eigenvalue weighted by Crippen LogP contribution is 2.42. The Labute approximate surface area is 128 Å². The quantitative estimate of drug-likeness (QED) is 0.777. The minimum Gasteiger partial charge on any atom is -0.444 e. The number of nitrogens with zero attached hydrogens (tertiary/aromatic N) is 3. The van der Waals surface area contributed by atoms with Gasteiger partial charge in [0.05, 0.1) is 0 Å². The van der Waals surface area contributed by atoms with E-state index in [1.165, 1.54) is 6.26 Å². The third-order valence-corrected chi connectivity index (χ3v) is 3.67. The van der Waals surface area contributed by atoms with Crippen molar-refractivity contribution in [3.05, 3.63) is 6.26 Å². The lowest BCUT2D eigenvalue weighted by Gasteiger charge is -2.59. The van der Waals surface area contributed by atoms with Crippen LogP contribution in [-0.4, -0.2) is 54.2 Å². The van der Waals surface area contributed by atoms with Gasteiger partial charge in [-0.2, -0.15) is 4.98 Å². The van der Waals surface area contributed by atoms with Crippen molar-refractivity contribution in [1.82, 2.24) is 9.88 Å². The van der Waals surface area contributed by atoms with Gasteiger partial charge in [0, 0.05) is 31.6 Å². The number of aromatic nitrogens is 1. The Hall–Kier alpha value is -2.25. The number of ether oxygens (including phenoxy) is 2. The zero-order valence-corrected chi connectivity index (χ0v) is 12.9. The van der Waals surface area contributed by atoms with Crippen LogP contribution in [0.15, 0.2) is 10.7 Å². The second kappa shape index (κ2) is 4.89. The van der Waals surface area contributed by atoms with E-state index < -0.39 is 5.60 Å². The first-order valence-electron chi connectivity index (χ1n) is 7.09. The summed E-state index contributed by atoms with van der Waals surface area (Å²) in [5.41, 5.74) is -0.379. The van der Waals surface area contributed by atoms with Crippen molar-refractivity contribution in [2.24, 2.45) is 5.41 Å². The minimum atomic E-state index is -0.474. The van der Waals surface area contributed by atoms with Crippen LogP contribution in [0.3, 0.4) is 0 Å². The van der Waals surface area contributed by atoms with Crippen LogP contribution in [0.5, 0.6) is 5.88 Å². The second-order valence-electron chi connectivity index (χ2n) is 6.87. The second-order valence-corrected chi connectivity index (χ2v) is 6.87. The maximum atomic E-state index is 11.9. The van der Waals surface area contributed by atoms with Gasteiger partial charge in [0.15, 0.2) is 6.26 Å². The van der Waals surface area contributed by atoms with Gasteiger partial charge in [0.25, 0.3) is 12.4 Å². The van der Waals surface area contributed by atoms with E-state index in [0.29, 0.717) is 25.6 Å². The highest BCUT2D eigenvalue weighted by Gasteiger charge is 2.55. The van der Waals surface area contributed by atoms with Crippen molar-refractivity contribution < 1.29 is 23.5 Å². The van der Waals surface area contributed by atoms with Crippen molar-refractivity contribution in [1.29, 1.82) is 0 Å². The monoisotopic (exact) mass is 309 g/mol. The third-order valence-electron chi connectivity index (χ3n) is 3.67. The lowest BCUT2D eigenvalue weighted by molar-refractivity contribution is -0.120. The van der Waals surface area contributed by atoms with Gasteiger partial charge in [-0.15, -0.1) is 0 Å². The molecule has 2 saturated heterocycles. The fourth-order valence-corrected chi connectivity index (χ4v) is 2.82. The minimum absolute atomic E-state index is 0.0943. The Morgan fingerprint density at radius 3 is 2.64 bits per heavy atom. The van der Waals surface area contributed by atoms with Gasteiger partial charge in [-0.25, -0.2) is 4.79 Å². The van der Waals surface area contributed by atoms with Crippen molar-refractivity contribution in [2.75, 3.05) is 31.1 Å². The van der Waals surface area contributed by atoms with Crippen LogP contribution < -0.4 is 9.64 Å². The maximum absolute atomic E-state index is 11.9. The summed E-state index contributed by atoms with van der Waals surface area (Å²) in [6.07, 6.45) is 1.03. The Morgan fingerprint density at radius 2 is 2.05 bits per heavy atom. The molecule has 0 aliphatic carbocycles. The summed E-state index contributed by atoms with van der Waals surface area (Å²) in [7, 11) is 0. The Balaban J connectivity index is 1.48. The van der Waals surface area contributed by atoms with E-state index >= 15 is 0 Å². The molecule has 0 radical (unpaired) electrons. The molecule has 0 atom stereocenters. The molecule has 2 aliphatic heterocycles. The maximum Gasteiger partial charge on any atom is 0.410 e. The average molecular weight is 309 g/mol. The number of rotatable bonds is 3. The largest absolute Gasteiger partial charge is 0.444 e. The molecule has 8 heteroatoms. The molecule has 1 amide bonds. The molecular weight excluding hydrogens is 290 g/mol. The van der Waals surface area contributed by atoms with Gasteiger partial charge in [0.1, 0.15) is 5.60 Å². The zero-order chi connectivity index (χ0) is 16.0. The van der Waals surface area contributed by atoms with Crippen molar-refractivity contribution in [3.8, 4) is 5.88 Å². The molecule has 22 heavy (non-hydrogen) atoms. The summed E-state index contributed by atoms with van der Waals surface area (Å²) < 4.78 is 15.2. The van der Waals surface area contributed by atoms with Crippen LogP contribution >= 0.6 is 0 Å². The summed E-state index contributed by atoms with van der Waals surface area (Å²) in [4.78, 5) is 29.8. The first-order valence-corrected chi connectivity index (χ1v) is 7.09. The van der Waals surface area contributed by atoms with E-state index in [2.05, 4.69) is 9.72 Å². The van der Waals surface area contributed by atoms with Crippen LogP contribution in [0, 0.1) is 5.41 Å². The molecule has 0 aromatic carbocycles. The van der Waals surface area contributed by atoms with Gasteiger partial charge in [0.2, 0.25) is 0 Å². The van der Waals surface area contributed by atoms with Crippen molar-refractivity contribution in [2.45, 2.75) is 26.4 Å². The van der Waals surface area contributed by atoms with Gasteiger partial charge in [-0.05, 0) is 20.8 Å². The van der Waals surface area contributed by atoms with Crippen LogP contribution in [0.25, 0.3) is 0 Å². The molecule has 1 aromatic heterocycles. The summed E-state index contributed by atoms with van der Waals surface area (Å²) >= 11 is 0. The molecular formula is C14H19N3O5. The fraction of sp³-hybridized carbons (Fsp3) is 0.643. The van der Waals surface area contributed by atoms with E-state index in [1.807, 2.05) is 25.7 Å². The number of amides is 1. The summed E-state index contributed by atoms with van der Waals surface area (Å²) in [6, 6.07) is 0.429. The number of likely N-dealkylation sites (tertiary alicyclic amines) is 1. The molecule has 3 heterocycles. The Morgan fingerprint density at radius 1 is 1.36 bits per heavy atom. The zero-order valence-electron chi connectivity index (χ0n) is 12.9. The van der Waals surface area contributed by atoms with E-state index in [-0.39, 0.29) is 17.4 Å². The molecule has 1 aromatic rings. The molecule has 0 saturated carbocycles. The normalized spacial score (nSPS) is 19.4. The number of carbonyl (C=O) groups excluding carboxylic acids is 2. The predicted molar refractivity (Wildman–Crippen MR) is 75.6 cm³/mol. The van der Waals surface area contributed by atoms with Gasteiger partial charge >= 0.3 is 12.1 Å². The lowest BCUT2D eigenvalue weighted by Crippen LogP contribution is -2.73. The van der Waals surface area contributed by atoms with Crippen LogP contribution in [0.2, 0.25) is 0 Å². The first-order chi connectivity index (χ1) is 10.3. The van der Waals surface area contributed by atoms with Crippen LogP contribution in [-0.2, 0) is 9.53 Å². The molecule has 3 rings (SSSR count). The molecule has 1 spiro atoms. The highest BCUT2D eigenvalue weighted by atomic mass is 16.6. The molecule has 0 unspecified atom stereocenters. The van der Waals surface area contributed by atoms with E-state index in [1.54, 1.807) is 4.90 Å². The number of anilines is 1. The first kappa shape index (κ1) is 14.7.